The molecule has 4 aromatic rings. The molecule has 7 heteroatoms. The Morgan fingerprint density at radius 1 is 0.875 bits per heavy atom. The van der Waals surface area contributed by atoms with Crippen molar-refractivity contribution in [1.29, 1.82) is 0 Å². The number of rotatable bonds is 7. The van der Waals surface area contributed by atoms with E-state index in [-0.39, 0.29) is 5.91 Å². The van der Waals surface area contributed by atoms with Crippen molar-refractivity contribution < 1.29 is 14.3 Å². The molecule has 162 valence electrons. The van der Waals surface area contributed by atoms with E-state index in [9.17, 15) is 4.79 Å². The van der Waals surface area contributed by atoms with Gasteiger partial charge in [0.15, 0.2) is 0 Å². The van der Waals surface area contributed by atoms with E-state index in [1.807, 2.05) is 61.5 Å². The Hall–Kier alpha value is -3.58. The minimum absolute atomic E-state index is 0.150. The van der Waals surface area contributed by atoms with E-state index in [4.69, 9.17) is 9.47 Å². The van der Waals surface area contributed by atoms with Gasteiger partial charge < -0.3 is 14.8 Å². The molecule has 0 saturated carbocycles. The second-order valence-corrected chi connectivity index (χ2v) is 8.45. The number of aromatic nitrogens is 2. The zero-order chi connectivity index (χ0) is 22.5. The molecule has 1 unspecified atom stereocenters. The van der Waals surface area contributed by atoms with Crippen LogP contribution in [-0.4, -0.2) is 35.6 Å². The minimum Gasteiger partial charge on any atom is -0.497 e. The van der Waals surface area contributed by atoms with Crippen LogP contribution in [0.25, 0.3) is 22.0 Å². The first-order valence-corrected chi connectivity index (χ1v) is 11.0. The Kier molecular flexibility index (Phi) is 6.56. The smallest absolute Gasteiger partial charge is 0.237 e. The summed E-state index contributed by atoms with van der Waals surface area (Å²) in [7, 11) is 3.14. The normalized spacial score (nSPS) is 11.7. The van der Waals surface area contributed by atoms with Crippen molar-refractivity contribution in [3.8, 4) is 22.8 Å². The summed E-state index contributed by atoms with van der Waals surface area (Å²) in [6.07, 6.45) is 0. The number of carbonyl (C=O) groups excluding carboxylic acids is 1. The highest BCUT2D eigenvalue weighted by atomic mass is 32.2. The zero-order valence-corrected chi connectivity index (χ0v) is 18.8. The van der Waals surface area contributed by atoms with Gasteiger partial charge in [-0.05, 0) is 6.92 Å². The van der Waals surface area contributed by atoms with Crippen LogP contribution in [0.4, 0.5) is 5.69 Å². The Labute approximate surface area is 191 Å². The first-order valence-electron chi connectivity index (χ1n) is 10.1. The number of amides is 1. The van der Waals surface area contributed by atoms with Crippen LogP contribution in [0.3, 0.4) is 0 Å². The van der Waals surface area contributed by atoms with Crippen LogP contribution >= 0.6 is 11.8 Å². The van der Waals surface area contributed by atoms with Crippen molar-refractivity contribution in [2.24, 2.45) is 0 Å². The average molecular weight is 446 g/mol. The fraction of sp³-hybridized carbons (Fsp3) is 0.160. The third-order valence-corrected chi connectivity index (χ3v) is 6.07. The molecule has 1 amide bonds. The highest BCUT2D eigenvalue weighted by Crippen LogP contribution is 2.34. The zero-order valence-electron chi connectivity index (χ0n) is 18.0. The number of methoxy groups -OCH3 is 2. The summed E-state index contributed by atoms with van der Waals surface area (Å²) in [5.74, 6) is 1.06. The number of carbonyl (C=O) groups is 1. The lowest BCUT2D eigenvalue weighted by molar-refractivity contribution is -0.115. The summed E-state index contributed by atoms with van der Waals surface area (Å²) in [6.45, 7) is 1.85. The first kappa shape index (κ1) is 21.6. The van der Waals surface area contributed by atoms with Gasteiger partial charge in [-0.15, -0.1) is 10.2 Å². The molecular formula is C25H23N3O3S. The number of hydrogen-bond acceptors (Lipinski definition) is 6. The van der Waals surface area contributed by atoms with E-state index >= 15 is 0 Å². The third-order valence-electron chi connectivity index (χ3n) is 4.98. The van der Waals surface area contributed by atoms with Gasteiger partial charge in [-0.25, -0.2) is 0 Å². The summed E-state index contributed by atoms with van der Waals surface area (Å²) in [5, 5.41) is 14.2. The van der Waals surface area contributed by atoms with Crippen molar-refractivity contribution in [2.45, 2.75) is 17.2 Å². The molecule has 0 saturated heterocycles. The van der Waals surface area contributed by atoms with Gasteiger partial charge in [-0.2, -0.15) is 0 Å². The molecule has 1 heterocycles. The molecule has 1 atom stereocenters. The molecular weight excluding hydrogens is 422 g/mol. The van der Waals surface area contributed by atoms with Crippen LogP contribution in [-0.2, 0) is 4.79 Å². The molecule has 0 aliphatic carbocycles. The van der Waals surface area contributed by atoms with Crippen LogP contribution in [0.2, 0.25) is 0 Å². The fourth-order valence-electron chi connectivity index (χ4n) is 3.32. The SMILES string of the molecule is COc1cc(NC(=O)C(C)Sc2nnc(-c3ccccc3)c3ccccc23)cc(OC)c1. The molecule has 32 heavy (non-hydrogen) atoms. The largest absolute Gasteiger partial charge is 0.497 e. The molecule has 0 aliphatic rings. The lowest BCUT2D eigenvalue weighted by atomic mass is 10.1. The number of nitrogens with zero attached hydrogens (tertiary/aromatic N) is 2. The van der Waals surface area contributed by atoms with Crippen molar-refractivity contribution in [2.75, 3.05) is 19.5 Å². The lowest BCUT2D eigenvalue weighted by Gasteiger charge is -2.15. The quantitative estimate of drug-likeness (QED) is 0.382. The number of benzene rings is 3. The molecule has 1 N–H and O–H groups in total. The molecule has 0 fully saturated rings. The van der Waals surface area contributed by atoms with Crippen LogP contribution < -0.4 is 14.8 Å². The van der Waals surface area contributed by atoms with Crippen molar-refractivity contribution in [1.82, 2.24) is 10.2 Å². The monoisotopic (exact) mass is 445 g/mol. The number of ether oxygens (including phenoxy) is 2. The van der Waals surface area contributed by atoms with Crippen LogP contribution in [0, 0.1) is 0 Å². The van der Waals surface area contributed by atoms with Crippen molar-refractivity contribution >= 4 is 34.1 Å². The molecule has 1 aromatic heterocycles. The minimum atomic E-state index is -0.396. The summed E-state index contributed by atoms with van der Waals surface area (Å²) >= 11 is 1.38. The summed E-state index contributed by atoms with van der Waals surface area (Å²) < 4.78 is 10.6. The molecule has 4 rings (SSSR count). The van der Waals surface area contributed by atoms with Gasteiger partial charge in [0.25, 0.3) is 0 Å². The van der Waals surface area contributed by atoms with Gasteiger partial charge >= 0.3 is 0 Å². The van der Waals surface area contributed by atoms with Crippen molar-refractivity contribution in [3.63, 3.8) is 0 Å². The van der Waals surface area contributed by atoms with E-state index in [2.05, 4.69) is 15.5 Å². The molecule has 0 aliphatic heterocycles. The summed E-state index contributed by atoms with van der Waals surface area (Å²) in [6, 6.07) is 23.2. The average Bonchev–Trinajstić information content (AvgIpc) is 2.84. The van der Waals surface area contributed by atoms with E-state index in [0.717, 1.165) is 22.0 Å². The van der Waals surface area contributed by atoms with Gasteiger partial charge in [-0.1, -0.05) is 66.4 Å². The Balaban J connectivity index is 1.58. The standard InChI is InChI=1S/C25H23N3O3S/c1-16(24(29)26-18-13-19(30-2)15-20(14-18)31-3)32-25-22-12-8-7-11-21(22)23(27-28-25)17-9-5-4-6-10-17/h4-16H,1-3H3,(H,26,29). The van der Waals surface area contributed by atoms with E-state index in [0.29, 0.717) is 22.2 Å². The maximum absolute atomic E-state index is 12.9. The van der Waals surface area contributed by atoms with Gasteiger partial charge in [0.2, 0.25) is 5.91 Å². The Morgan fingerprint density at radius 3 is 2.16 bits per heavy atom. The van der Waals surface area contributed by atoms with Gasteiger partial charge in [0, 0.05) is 40.2 Å². The fourth-order valence-corrected chi connectivity index (χ4v) is 4.21. The first-order chi connectivity index (χ1) is 15.6. The molecule has 0 bridgehead atoms. The van der Waals surface area contributed by atoms with Gasteiger partial charge in [0.1, 0.15) is 22.2 Å². The van der Waals surface area contributed by atoms with E-state index in [1.165, 1.54) is 11.8 Å². The molecule has 0 spiro atoms. The van der Waals surface area contributed by atoms with Crippen LogP contribution in [0.1, 0.15) is 6.92 Å². The predicted molar refractivity (Wildman–Crippen MR) is 128 cm³/mol. The number of nitrogens with one attached hydrogen (secondary N) is 1. The second kappa shape index (κ2) is 9.70. The number of fused-ring (bicyclic) bond motifs is 1. The van der Waals surface area contributed by atoms with Crippen molar-refractivity contribution in [3.05, 3.63) is 72.8 Å². The maximum Gasteiger partial charge on any atom is 0.237 e. The lowest BCUT2D eigenvalue weighted by Crippen LogP contribution is -2.22. The number of thioether (sulfide) groups is 1. The highest BCUT2D eigenvalue weighted by Gasteiger charge is 2.19. The topological polar surface area (TPSA) is 73.3 Å². The Bertz CT molecular complexity index is 1230. The summed E-state index contributed by atoms with van der Waals surface area (Å²) in [4.78, 5) is 12.9. The number of anilines is 1. The Morgan fingerprint density at radius 2 is 1.50 bits per heavy atom. The van der Waals surface area contributed by atoms with E-state index in [1.54, 1.807) is 32.4 Å². The van der Waals surface area contributed by atoms with Crippen LogP contribution in [0.15, 0.2) is 77.8 Å². The summed E-state index contributed by atoms with van der Waals surface area (Å²) in [5.41, 5.74) is 2.44. The second-order valence-electron chi connectivity index (χ2n) is 7.12. The van der Waals surface area contributed by atoms with Gasteiger partial charge in [0.05, 0.1) is 19.5 Å². The highest BCUT2D eigenvalue weighted by molar-refractivity contribution is 8.00. The van der Waals surface area contributed by atoms with E-state index < -0.39 is 5.25 Å². The third kappa shape index (κ3) is 4.68. The maximum atomic E-state index is 12.9. The molecule has 6 nitrogen and oxygen atoms in total. The predicted octanol–water partition coefficient (Wildman–Crippen LogP) is 5.43. The van der Waals surface area contributed by atoms with Crippen LogP contribution in [0.5, 0.6) is 11.5 Å². The molecule has 0 radical (unpaired) electrons. The van der Waals surface area contributed by atoms with Gasteiger partial charge in [-0.3, -0.25) is 4.79 Å². The molecule has 3 aromatic carbocycles. The number of hydrogen-bond donors (Lipinski definition) is 1.